The van der Waals surface area contributed by atoms with Gasteiger partial charge in [-0.15, -0.1) is 0 Å². The van der Waals surface area contributed by atoms with Crippen molar-refractivity contribution in [3.8, 4) is 0 Å². The Hall–Kier alpha value is 0.480. The van der Waals surface area contributed by atoms with E-state index >= 15 is 0 Å². The van der Waals surface area contributed by atoms with Crippen molar-refractivity contribution in [2.45, 2.75) is 19.8 Å². The molecule has 0 atom stereocenters. The molecule has 1 rings (SSSR count). The molecule has 0 saturated carbocycles. The minimum atomic E-state index is 0. The van der Waals surface area contributed by atoms with Crippen LogP contribution in [0.15, 0.2) is 17.7 Å². The summed E-state index contributed by atoms with van der Waals surface area (Å²) in [5.41, 5.74) is 1.43. The maximum atomic E-state index is 3.14. The monoisotopic (exact) mass is 116 g/mol. The first-order chi connectivity index (χ1) is 3.43. The molecule has 0 nitrogen and oxygen atoms in total. The molecule has 0 unspecified atom stereocenters. The SMILES string of the molecule is CCC1=[C-]C=CC1.[Na+]. The molecule has 0 fully saturated rings. The Morgan fingerprint density at radius 2 is 2.50 bits per heavy atom. The van der Waals surface area contributed by atoms with Gasteiger partial charge in [-0.2, -0.15) is 5.57 Å². The van der Waals surface area contributed by atoms with Crippen molar-refractivity contribution in [2.75, 3.05) is 0 Å². The van der Waals surface area contributed by atoms with Gasteiger partial charge < -0.3 is 0 Å². The third-order valence-corrected chi connectivity index (χ3v) is 1.20. The van der Waals surface area contributed by atoms with Crippen LogP contribution < -0.4 is 29.6 Å². The molecule has 0 aromatic heterocycles. The van der Waals surface area contributed by atoms with Gasteiger partial charge in [-0.1, -0.05) is 19.8 Å². The molecule has 0 radical (unpaired) electrons. The molecule has 1 aliphatic rings. The molecule has 38 valence electrons. The van der Waals surface area contributed by atoms with Crippen LogP contribution in [0.2, 0.25) is 0 Å². The Bertz CT molecular complexity index is 112. The van der Waals surface area contributed by atoms with Gasteiger partial charge in [0, 0.05) is 0 Å². The third-order valence-electron chi connectivity index (χ3n) is 1.20. The summed E-state index contributed by atoms with van der Waals surface area (Å²) in [6, 6.07) is 0. The van der Waals surface area contributed by atoms with E-state index in [0.29, 0.717) is 0 Å². The van der Waals surface area contributed by atoms with Gasteiger partial charge in [0.25, 0.3) is 0 Å². The van der Waals surface area contributed by atoms with E-state index in [0.717, 1.165) is 12.8 Å². The van der Waals surface area contributed by atoms with E-state index in [-0.39, 0.29) is 29.6 Å². The molecule has 0 N–H and O–H groups in total. The van der Waals surface area contributed by atoms with E-state index in [1.807, 2.05) is 6.08 Å². The summed E-state index contributed by atoms with van der Waals surface area (Å²) in [5.74, 6) is 0. The average molecular weight is 116 g/mol. The van der Waals surface area contributed by atoms with Crippen molar-refractivity contribution >= 4 is 0 Å². The van der Waals surface area contributed by atoms with Gasteiger partial charge in [0.2, 0.25) is 0 Å². The fourth-order valence-electron chi connectivity index (χ4n) is 0.683. The first-order valence-corrected chi connectivity index (χ1v) is 2.69. The number of allylic oxidation sites excluding steroid dienone is 4. The second kappa shape index (κ2) is 4.37. The summed E-state index contributed by atoms with van der Waals surface area (Å²) < 4.78 is 0. The molecule has 0 spiro atoms. The fourth-order valence-corrected chi connectivity index (χ4v) is 0.683. The Kier molecular flexibility index (Phi) is 4.63. The maximum Gasteiger partial charge on any atom is 1.00 e. The summed E-state index contributed by atoms with van der Waals surface area (Å²) in [6.07, 6.45) is 9.57. The quantitative estimate of drug-likeness (QED) is 0.307. The summed E-state index contributed by atoms with van der Waals surface area (Å²) in [7, 11) is 0. The fraction of sp³-hybridized carbons (Fsp3) is 0.429. The summed E-state index contributed by atoms with van der Waals surface area (Å²) in [5, 5.41) is 0. The second-order valence-corrected chi connectivity index (χ2v) is 1.71. The molecule has 0 bridgehead atoms. The molecule has 1 aliphatic carbocycles. The van der Waals surface area contributed by atoms with Crippen molar-refractivity contribution in [3.63, 3.8) is 0 Å². The minimum absolute atomic E-state index is 0. The molecule has 8 heavy (non-hydrogen) atoms. The maximum absolute atomic E-state index is 3.14. The minimum Gasteiger partial charge on any atom is -0.253 e. The van der Waals surface area contributed by atoms with Crippen LogP contribution in [0.25, 0.3) is 0 Å². The van der Waals surface area contributed by atoms with Crippen LogP contribution in [0.4, 0.5) is 0 Å². The van der Waals surface area contributed by atoms with Crippen molar-refractivity contribution in [3.05, 3.63) is 23.8 Å². The summed E-state index contributed by atoms with van der Waals surface area (Å²) in [4.78, 5) is 0. The summed E-state index contributed by atoms with van der Waals surface area (Å²) >= 11 is 0. The van der Waals surface area contributed by atoms with Crippen LogP contribution in [-0.2, 0) is 0 Å². The second-order valence-electron chi connectivity index (χ2n) is 1.71. The molecule has 0 aromatic rings. The predicted molar refractivity (Wildman–Crippen MR) is 30.8 cm³/mol. The number of rotatable bonds is 1. The van der Waals surface area contributed by atoms with Crippen LogP contribution in [0, 0.1) is 6.08 Å². The van der Waals surface area contributed by atoms with E-state index in [1.165, 1.54) is 5.57 Å². The van der Waals surface area contributed by atoms with E-state index in [4.69, 9.17) is 0 Å². The van der Waals surface area contributed by atoms with Crippen LogP contribution in [0.3, 0.4) is 0 Å². The smallest absolute Gasteiger partial charge is 0.253 e. The van der Waals surface area contributed by atoms with E-state index in [2.05, 4.69) is 19.1 Å². The molecule has 0 heterocycles. The number of hydrogen-bond donors (Lipinski definition) is 0. The molecular formula is C7H9Na. The van der Waals surface area contributed by atoms with E-state index in [9.17, 15) is 0 Å². The third kappa shape index (κ3) is 2.17. The van der Waals surface area contributed by atoms with E-state index in [1.54, 1.807) is 0 Å². The van der Waals surface area contributed by atoms with Crippen LogP contribution >= 0.6 is 0 Å². The van der Waals surface area contributed by atoms with Gasteiger partial charge in [0.15, 0.2) is 0 Å². The van der Waals surface area contributed by atoms with Gasteiger partial charge in [-0.3, -0.25) is 6.08 Å². The van der Waals surface area contributed by atoms with E-state index < -0.39 is 0 Å². The van der Waals surface area contributed by atoms with Crippen molar-refractivity contribution in [2.24, 2.45) is 0 Å². The topological polar surface area (TPSA) is 0 Å². The predicted octanol–water partition coefficient (Wildman–Crippen LogP) is -0.910. The Morgan fingerprint density at radius 1 is 1.75 bits per heavy atom. The Labute approximate surface area is 73.0 Å². The molecule has 0 aliphatic heterocycles. The molecular weight excluding hydrogens is 107 g/mol. The van der Waals surface area contributed by atoms with Gasteiger partial charge in [-0.05, 0) is 0 Å². The van der Waals surface area contributed by atoms with Gasteiger partial charge in [0.05, 0.1) is 0 Å². The normalized spacial score (nSPS) is 15.4. The average Bonchev–Trinajstić information content (AvgIpc) is 2.14. The van der Waals surface area contributed by atoms with Gasteiger partial charge in [-0.25, -0.2) is 12.2 Å². The van der Waals surface area contributed by atoms with Crippen molar-refractivity contribution < 1.29 is 29.6 Å². The van der Waals surface area contributed by atoms with Crippen LogP contribution in [0.5, 0.6) is 0 Å². The zero-order valence-corrected chi connectivity index (χ0v) is 7.57. The molecule has 0 aromatic carbocycles. The van der Waals surface area contributed by atoms with Crippen molar-refractivity contribution in [1.82, 2.24) is 0 Å². The largest absolute Gasteiger partial charge is 1.00 e. The molecule has 1 heteroatoms. The first-order valence-electron chi connectivity index (χ1n) is 2.69. The van der Waals surface area contributed by atoms with Crippen molar-refractivity contribution in [1.29, 1.82) is 0 Å². The zero-order valence-electron chi connectivity index (χ0n) is 5.57. The summed E-state index contributed by atoms with van der Waals surface area (Å²) in [6.45, 7) is 2.16. The number of hydrogen-bond acceptors (Lipinski definition) is 0. The standard InChI is InChI=1S/C7H9.Na/c1-2-7-5-3-4-6-7;/h3-4H,2,5H2,1H3;/q-1;+1. The molecule has 0 amide bonds. The Balaban J connectivity index is 0.000000490. The zero-order chi connectivity index (χ0) is 5.11. The van der Waals surface area contributed by atoms with Crippen LogP contribution in [-0.4, -0.2) is 0 Å². The first kappa shape index (κ1) is 8.48. The van der Waals surface area contributed by atoms with Gasteiger partial charge >= 0.3 is 29.6 Å². The van der Waals surface area contributed by atoms with Gasteiger partial charge in [0.1, 0.15) is 0 Å². The van der Waals surface area contributed by atoms with Crippen LogP contribution in [0.1, 0.15) is 19.8 Å². The Morgan fingerprint density at radius 3 is 2.75 bits per heavy atom. The molecule has 0 saturated heterocycles.